The normalized spacial score (nSPS) is 12.7. The fourth-order valence-electron chi connectivity index (χ4n) is 1.92. The lowest BCUT2D eigenvalue weighted by Crippen LogP contribution is -2.28. The Hall–Kier alpha value is -2.68. The predicted molar refractivity (Wildman–Crippen MR) is 77.3 cm³/mol. The van der Waals surface area contributed by atoms with Gasteiger partial charge in [0.15, 0.2) is 5.78 Å². The van der Waals surface area contributed by atoms with Crippen molar-refractivity contribution in [3.05, 3.63) is 52.8 Å². The molecule has 2 aromatic rings. The molecule has 0 saturated carbocycles. The topological polar surface area (TPSA) is 95.1 Å². The van der Waals surface area contributed by atoms with Gasteiger partial charge >= 0.3 is 6.18 Å². The Kier molecular flexibility index (Phi) is 5.03. The van der Waals surface area contributed by atoms with Gasteiger partial charge in [-0.25, -0.2) is 0 Å². The first-order valence-corrected chi connectivity index (χ1v) is 6.88. The Morgan fingerprint density at radius 3 is 2.42 bits per heavy atom. The van der Waals surface area contributed by atoms with E-state index < -0.39 is 23.8 Å². The molecule has 9 heteroatoms. The highest BCUT2D eigenvalue weighted by Gasteiger charge is 2.30. The summed E-state index contributed by atoms with van der Waals surface area (Å²) >= 11 is 0. The third-order valence-electron chi connectivity index (χ3n) is 3.26. The molecule has 0 spiro atoms. The third kappa shape index (κ3) is 4.19. The van der Waals surface area contributed by atoms with Crippen LogP contribution in [-0.2, 0) is 6.18 Å². The van der Waals surface area contributed by atoms with Crippen LogP contribution in [0.25, 0.3) is 0 Å². The van der Waals surface area contributed by atoms with Gasteiger partial charge in [-0.1, -0.05) is 12.1 Å². The zero-order chi connectivity index (χ0) is 17.9. The number of amides is 1. The molecular formula is C15H14F3N3O3. The number of halogens is 3. The van der Waals surface area contributed by atoms with Gasteiger partial charge in [0.2, 0.25) is 0 Å². The number of Topliss-reactive ketones (excluding diaryl/α,β-unsaturated/α-hetero) is 1. The summed E-state index contributed by atoms with van der Waals surface area (Å²) in [5.74, 6) is -0.906. The molecular weight excluding hydrogens is 327 g/mol. The zero-order valence-corrected chi connectivity index (χ0v) is 12.5. The van der Waals surface area contributed by atoms with Crippen molar-refractivity contribution < 1.29 is 27.9 Å². The van der Waals surface area contributed by atoms with Gasteiger partial charge in [-0.3, -0.25) is 14.7 Å². The number of hydrogen-bond donors (Lipinski definition) is 3. The van der Waals surface area contributed by atoms with Crippen LogP contribution in [0.4, 0.5) is 13.2 Å². The summed E-state index contributed by atoms with van der Waals surface area (Å²) < 4.78 is 37.4. The summed E-state index contributed by atoms with van der Waals surface area (Å²) in [6.07, 6.45) is -5.63. The summed E-state index contributed by atoms with van der Waals surface area (Å²) in [7, 11) is 0. The van der Waals surface area contributed by atoms with Crippen molar-refractivity contribution in [2.24, 2.45) is 0 Å². The number of hydrogen-bond acceptors (Lipinski definition) is 4. The van der Waals surface area contributed by atoms with Crippen molar-refractivity contribution in [2.45, 2.75) is 19.2 Å². The van der Waals surface area contributed by atoms with E-state index in [1.54, 1.807) is 0 Å². The minimum Gasteiger partial charge on any atom is -0.387 e. The van der Waals surface area contributed by atoms with E-state index in [4.69, 9.17) is 0 Å². The van der Waals surface area contributed by atoms with Crippen LogP contribution in [0, 0.1) is 0 Å². The van der Waals surface area contributed by atoms with Gasteiger partial charge in [0.25, 0.3) is 5.91 Å². The second-order valence-corrected chi connectivity index (χ2v) is 5.07. The number of benzene rings is 1. The van der Waals surface area contributed by atoms with E-state index in [1.165, 1.54) is 13.0 Å². The molecule has 0 bridgehead atoms. The molecule has 0 aliphatic rings. The van der Waals surface area contributed by atoms with Gasteiger partial charge in [-0.15, -0.1) is 0 Å². The van der Waals surface area contributed by atoms with Crippen LogP contribution in [0.5, 0.6) is 0 Å². The van der Waals surface area contributed by atoms with E-state index in [-0.39, 0.29) is 29.3 Å². The summed E-state index contributed by atoms with van der Waals surface area (Å²) in [5.41, 5.74) is -0.447. The van der Waals surface area contributed by atoms with Gasteiger partial charge in [0.05, 0.1) is 11.7 Å². The number of aliphatic hydroxyl groups excluding tert-OH is 1. The van der Waals surface area contributed by atoms with Crippen LogP contribution in [0.1, 0.15) is 45.1 Å². The van der Waals surface area contributed by atoms with E-state index in [0.29, 0.717) is 0 Å². The highest BCUT2D eigenvalue weighted by Crippen LogP contribution is 2.29. The van der Waals surface area contributed by atoms with Crippen LogP contribution in [0.2, 0.25) is 0 Å². The van der Waals surface area contributed by atoms with E-state index in [0.717, 1.165) is 24.3 Å². The molecule has 3 N–H and O–H groups in total. The quantitative estimate of drug-likeness (QED) is 0.726. The number of alkyl halides is 3. The molecule has 0 fully saturated rings. The minimum absolute atomic E-state index is 0.0415. The van der Waals surface area contributed by atoms with Crippen molar-refractivity contribution in [1.82, 2.24) is 15.5 Å². The van der Waals surface area contributed by atoms with Crippen LogP contribution in [-0.4, -0.2) is 33.5 Å². The lowest BCUT2D eigenvalue weighted by Gasteiger charge is -2.13. The van der Waals surface area contributed by atoms with Crippen molar-refractivity contribution >= 4 is 11.7 Å². The van der Waals surface area contributed by atoms with Crippen LogP contribution >= 0.6 is 0 Å². The van der Waals surface area contributed by atoms with Crippen molar-refractivity contribution in [3.63, 3.8) is 0 Å². The van der Waals surface area contributed by atoms with E-state index >= 15 is 0 Å². The number of aromatic amines is 1. The van der Waals surface area contributed by atoms with Gasteiger partial charge in [-0.2, -0.15) is 18.3 Å². The first-order chi connectivity index (χ1) is 11.2. The van der Waals surface area contributed by atoms with Crippen LogP contribution < -0.4 is 5.32 Å². The summed E-state index contributed by atoms with van der Waals surface area (Å²) in [5, 5.41) is 18.4. The van der Waals surface area contributed by atoms with Crippen molar-refractivity contribution in [3.8, 4) is 0 Å². The average Bonchev–Trinajstić information content (AvgIpc) is 3.02. The maximum Gasteiger partial charge on any atom is 0.416 e. The smallest absolute Gasteiger partial charge is 0.387 e. The SMILES string of the molecule is CC(=O)c1cc(C(=O)NC[C@H](O)c2ccc(C(F)(F)F)cc2)[nH]n1. The third-order valence-corrected chi connectivity index (χ3v) is 3.26. The predicted octanol–water partition coefficient (Wildman–Crippen LogP) is 2.09. The van der Waals surface area contributed by atoms with Gasteiger partial charge in [-0.05, 0) is 23.8 Å². The maximum absolute atomic E-state index is 12.5. The molecule has 0 saturated heterocycles. The summed E-state index contributed by atoms with van der Waals surface area (Å²) in [4.78, 5) is 22.9. The molecule has 0 aliphatic heterocycles. The van der Waals surface area contributed by atoms with Gasteiger partial charge < -0.3 is 10.4 Å². The number of rotatable bonds is 5. The Bertz CT molecular complexity index is 738. The fraction of sp³-hybridized carbons (Fsp3) is 0.267. The molecule has 1 heterocycles. The number of nitrogens with zero attached hydrogens (tertiary/aromatic N) is 1. The first kappa shape index (κ1) is 17.7. The van der Waals surface area contributed by atoms with Crippen molar-refractivity contribution in [2.75, 3.05) is 6.54 Å². The Morgan fingerprint density at radius 2 is 1.92 bits per heavy atom. The Labute approximate surface area is 134 Å². The highest BCUT2D eigenvalue weighted by atomic mass is 19.4. The van der Waals surface area contributed by atoms with Gasteiger partial charge in [0.1, 0.15) is 11.4 Å². The molecule has 128 valence electrons. The molecule has 0 unspecified atom stereocenters. The number of carbonyl (C=O) groups is 2. The number of aromatic nitrogens is 2. The van der Waals surface area contributed by atoms with Gasteiger partial charge in [0, 0.05) is 13.5 Å². The fourth-order valence-corrected chi connectivity index (χ4v) is 1.92. The number of H-pyrrole nitrogens is 1. The second-order valence-electron chi connectivity index (χ2n) is 5.07. The number of nitrogens with one attached hydrogen (secondary N) is 2. The minimum atomic E-state index is -4.45. The molecule has 1 aromatic heterocycles. The molecule has 1 amide bonds. The summed E-state index contributed by atoms with van der Waals surface area (Å²) in [6.45, 7) is 1.09. The molecule has 0 aliphatic carbocycles. The Morgan fingerprint density at radius 1 is 1.29 bits per heavy atom. The monoisotopic (exact) mass is 341 g/mol. The maximum atomic E-state index is 12.5. The van der Waals surface area contributed by atoms with E-state index in [9.17, 15) is 27.9 Å². The average molecular weight is 341 g/mol. The molecule has 1 aromatic carbocycles. The Balaban J connectivity index is 1.95. The standard InChI is InChI=1S/C15H14F3N3O3/c1-8(22)11-6-12(21-20-11)14(24)19-7-13(23)9-2-4-10(5-3-9)15(16,17)18/h2-6,13,23H,7H2,1H3,(H,19,24)(H,20,21)/t13-/m0/s1. The zero-order valence-electron chi connectivity index (χ0n) is 12.5. The lowest BCUT2D eigenvalue weighted by molar-refractivity contribution is -0.137. The lowest BCUT2D eigenvalue weighted by atomic mass is 10.1. The van der Waals surface area contributed by atoms with Crippen LogP contribution in [0.15, 0.2) is 30.3 Å². The van der Waals surface area contributed by atoms with Crippen LogP contribution in [0.3, 0.4) is 0 Å². The summed E-state index contributed by atoms with van der Waals surface area (Å²) in [6, 6.07) is 5.26. The second kappa shape index (κ2) is 6.83. The highest BCUT2D eigenvalue weighted by molar-refractivity contribution is 5.97. The number of aliphatic hydroxyl groups is 1. The molecule has 24 heavy (non-hydrogen) atoms. The van der Waals surface area contributed by atoms with Crippen molar-refractivity contribution in [1.29, 1.82) is 0 Å². The van der Waals surface area contributed by atoms with E-state index in [2.05, 4.69) is 15.5 Å². The largest absolute Gasteiger partial charge is 0.416 e. The molecule has 2 rings (SSSR count). The first-order valence-electron chi connectivity index (χ1n) is 6.88. The molecule has 0 radical (unpaired) electrons. The number of carbonyl (C=O) groups excluding carboxylic acids is 2. The molecule has 6 nitrogen and oxygen atoms in total. The number of ketones is 1. The molecule has 1 atom stereocenters. The van der Waals surface area contributed by atoms with E-state index in [1.807, 2.05) is 0 Å².